The Morgan fingerprint density at radius 3 is 2.76 bits per heavy atom. The van der Waals surface area contributed by atoms with Crippen molar-refractivity contribution >= 4 is 5.97 Å². The zero-order valence-corrected chi connectivity index (χ0v) is 9.73. The van der Waals surface area contributed by atoms with Gasteiger partial charge in [-0.05, 0) is 12.1 Å². The minimum absolute atomic E-state index is 0.195. The van der Waals surface area contributed by atoms with Crippen LogP contribution in [0.25, 0.3) is 0 Å². The number of esters is 1. The van der Waals surface area contributed by atoms with E-state index < -0.39 is 5.97 Å². The predicted octanol–water partition coefficient (Wildman–Crippen LogP) is 1.77. The Hall–Kier alpha value is -2.22. The number of hydrogen-bond acceptors (Lipinski definition) is 5. The molecule has 1 aromatic rings. The molecule has 0 spiro atoms. The zero-order valence-electron chi connectivity index (χ0n) is 9.73. The lowest BCUT2D eigenvalue weighted by atomic mass is 10.2. The van der Waals surface area contributed by atoms with Gasteiger partial charge in [0.15, 0.2) is 11.5 Å². The van der Waals surface area contributed by atoms with Crippen LogP contribution in [0.15, 0.2) is 18.2 Å². The molecule has 0 saturated heterocycles. The molecule has 5 heteroatoms. The molecule has 0 saturated carbocycles. The molecule has 17 heavy (non-hydrogen) atoms. The summed E-state index contributed by atoms with van der Waals surface area (Å²) in [5.74, 6) is 0.235. The van der Waals surface area contributed by atoms with Crippen molar-refractivity contribution in [2.75, 3.05) is 20.8 Å². The fraction of sp³-hybridized carbons (Fsp3) is 0.333. The Balaban J connectivity index is 3.03. The summed E-state index contributed by atoms with van der Waals surface area (Å²) in [5.41, 5.74) is 0.282. The average molecular weight is 235 g/mol. The topological polar surface area (TPSA) is 68.6 Å². The molecule has 0 aliphatic heterocycles. The first-order valence-electron chi connectivity index (χ1n) is 4.99. The summed E-state index contributed by atoms with van der Waals surface area (Å²) >= 11 is 0. The molecule has 0 amide bonds. The number of para-hydroxylation sites is 1. The number of ether oxygens (including phenoxy) is 3. The highest BCUT2D eigenvalue weighted by Crippen LogP contribution is 2.31. The van der Waals surface area contributed by atoms with Gasteiger partial charge in [0.25, 0.3) is 0 Å². The predicted molar refractivity (Wildman–Crippen MR) is 60.1 cm³/mol. The molecule has 1 rings (SSSR count). The van der Waals surface area contributed by atoms with Gasteiger partial charge in [0, 0.05) is 0 Å². The van der Waals surface area contributed by atoms with Crippen LogP contribution in [-0.2, 0) is 4.74 Å². The minimum atomic E-state index is -0.504. The van der Waals surface area contributed by atoms with E-state index >= 15 is 0 Å². The van der Waals surface area contributed by atoms with Gasteiger partial charge >= 0.3 is 5.97 Å². The standard InChI is InChI=1S/C12H13NO4/c1-15-10-6-3-5-9(12(14)16-2)11(10)17-8-4-7-13/h3,5-6H,4,8H2,1-2H3. The zero-order chi connectivity index (χ0) is 12.7. The van der Waals surface area contributed by atoms with Crippen LogP contribution in [0.5, 0.6) is 11.5 Å². The van der Waals surface area contributed by atoms with E-state index in [2.05, 4.69) is 4.74 Å². The smallest absolute Gasteiger partial charge is 0.341 e. The second-order valence-corrected chi connectivity index (χ2v) is 3.09. The third kappa shape index (κ3) is 3.11. The monoisotopic (exact) mass is 235 g/mol. The summed E-state index contributed by atoms with van der Waals surface area (Å²) in [7, 11) is 2.77. The molecule has 0 aliphatic rings. The number of nitriles is 1. The molecular weight excluding hydrogens is 222 g/mol. The number of hydrogen-bond donors (Lipinski definition) is 0. The maximum absolute atomic E-state index is 11.5. The van der Waals surface area contributed by atoms with E-state index in [0.29, 0.717) is 11.5 Å². The molecule has 0 N–H and O–H groups in total. The van der Waals surface area contributed by atoms with Gasteiger partial charge in [0.05, 0.1) is 26.7 Å². The van der Waals surface area contributed by atoms with Crippen molar-refractivity contribution in [2.24, 2.45) is 0 Å². The first-order valence-corrected chi connectivity index (χ1v) is 4.99. The van der Waals surface area contributed by atoms with Crippen LogP contribution in [0.4, 0.5) is 0 Å². The van der Waals surface area contributed by atoms with Gasteiger partial charge in [-0.1, -0.05) is 6.07 Å². The molecular formula is C12H13NO4. The number of carbonyl (C=O) groups excluding carboxylic acids is 1. The van der Waals surface area contributed by atoms with Crippen LogP contribution >= 0.6 is 0 Å². The van der Waals surface area contributed by atoms with Crippen LogP contribution in [0.1, 0.15) is 16.8 Å². The molecule has 1 aromatic carbocycles. The van der Waals surface area contributed by atoms with Gasteiger partial charge in [-0.25, -0.2) is 4.79 Å². The maximum atomic E-state index is 11.5. The fourth-order valence-corrected chi connectivity index (χ4v) is 1.29. The number of carbonyl (C=O) groups is 1. The lowest BCUT2D eigenvalue weighted by molar-refractivity contribution is 0.0595. The summed E-state index contributed by atoms with van der Waals surface area (Å²) in [6.07, 6.45) is 0.235. The minimum Gasteiger partial charge on any atom is -0.493 e. The Labute approximate surface area is 99.5 Å². The summed E-state index contributed by atoms with van der Waals surface area (Å²) < 4.78 is 15.1. The number of methoxy groups -OCH3 is 2. The van der Waals surface area contributed by atoms with Crippen LogP contribution in [-0.4, -0.2) is 26.8 Å². The molecule has 0 radical (unpaired) electrons. The molecule has 90 valence electrons. The van der Waals surface area contributed by atoms with Gasteiger partial charge < -0.3 is 14.2 Å². The van der Waals surface area contributed by atoms with Crippen molar-refractivity contribution in [1.29, 1.82) is 5.26 Å². The normalized spacial score (nSPS) is 9.24. The lowest BCUT2D eigenvalue weighted by Gasteiger charge is -2.12. The average Bonchev–Trinajstić information content (AvgIpc) is 2.38. The fourth-order valence-electron chi connectivity index (χ4n) is 1.29. The Morgan fingerprint density at radius 2 is 2.18 bits per heavy atom. The third-order valence-electron chi connectivity index (χ3n) is 2.06. The molecule has 0 heterocycles. The van der Waals surface area contributed by atoms with E-state index in [4.69, 9.17) is 14.7 Å². The molecule has 0 atom stereocenters. The lowest BCUT2D eigenvalue weighted by Crippen LogP contribution is -2.07. The maximum Gasteiger partial charge on any atom is 0.341 e. The Bertz CT molecular complexity index is 437. The van der Waals surface area contributed by atoms with Crippen molar-refractivity contribution < 1.29 is 19.0 Å². The van der Waals surface area contributed by atoms with Gasteiger partial charge in [-0.15, -0.1) is 0 Å². The van der Waals surface area contributed by atoms with E-state index in [-0.39, 0.29) is 18.6 Å². The molecule has 0 aromatic heterocycles. The van der Waals surface area contributed by atoms with Crippen molar-refractivity contribution in [3.8, 4) is 17.6 Å². The van der Waals surface area contributed by atoms with E-state index in [1.807, 2.05) is 6.07 Å². The van der Waals surface area contributed by atoms with Gasteiger partial charge in [0.2, 0.25) is 0 Å². The van der Waals surface area contributed by atoms with E-state index in [1.165, 1.54) is 14.2 Å². The van der Waals surface area contributed by atoms with Crippen LogP contribution < -0.4 is 9.47 Å². The second-order valence-electron chi connectivity index (χ2n) is 3.09. The third-order valence-corrected chi connectivity index (χ3v) is 2.06. The molecule has 0 fully saturated rings. The van der Waals surface area contributed by atoms with Crippen LogP contribution in [0.3, 0.4) is 0 Å². The Morgan fingerprint density at radius 1 is 1.41 bits per heavy atom. The Kier molecular flexibility index (Phi) is 4.82. The quantitative estimate of drug-likeness (QED) is 0.574. The summed E-state index contributed by atoms with van der Waals surface area (Å²) in [6.45, 7) is 0.195. The highest BCUT2D eigenvalue weighted by molar-refractivity contribution is 5.93. The van der Waals surface area contributed by atoms with E-state index in [0.717, 1.165) is 0 Å². The number of nitrogens with zero attached hydrogens (tertiary/aromatic N) is 1. The van der Waals surface area contributed by atoms with Crippen molar-refractivity contribution in [3.05, 3.63) is 23.8 Å². The van der Waals surface area contributed by atoms with Gasteiger partial charge in [-0.2, -0.15) is 5.26 Å². The van der Waals surface area contributed by atoms with Crippen molar-refractivity contribution in [3.63, 3.8) is 0 Å². The first-order chi connectivity index (χ1) is 8.24. The molecule has 5 nitrogen and oxygen atoms in total. The van der Waals surface area contributed by atoms with E-state index in [1.54, 1.807) is 18.2 Å². The largest absolute Gasteiger partial charge is 0.493 e. The highest BCUT2D eigenvalue weighted by Gasteiger charge is 2.17. The summed E-state index contributed by atoms with van der Waals surface area (Å²) in [4.78, 5) is 11.5. The first kappa shape index (κ1) is 12.8. The number of benzene rings is 1. The second kappa shape index (κ2) is 6.38. The van der Waals surface area contributed by atoms with Gasteiger partial charge in [0.1, 0.15) is 12.2 Å². The van der Waals surface area contributed by atoms with Crippen molar-refractivity contribution in [2.45, 2.75) is 6.42 Å². The number of rotatable bonds is 5. The van der Waals surface area contributed by atoms with Gasteiger partial charge in [-0.3, -0.25) is 0 Å². The molecule has 0 bridgehead atoms. The van der Waals surface area contributed by atoms with Crippen LogP contribution in [0, 0.1) is 11.3 Å². The summed E-state index contributed by atoms with van der Waals surface area (Å²) in [5, 5.41) is 8.44. The molecule has 0 unspecified atom stereocenters. The van der Waals surface area contributed by atoms with E-state index in [9.17, 15) is 4.79 Å². The SMILES string of the molecule is COC(=O)c1cccc(OC)c1OCCC#N. The molecule has 0 aliphatic carbocycles. The van der Waals surface area contributed by atoms with Crippen molar-refractivity contribution in [1.82, 2.24) is 0 Å². The van der Waals surface area contributed by atoms with Crippen LogP contribution in [0.2, 0.25) is 0 Å². The summed E-state index contributed by atoms with van der Waals surface area (Å²) in [6, 6.07) is 6.88. The highest BCUT2D eigenvalue weighted by atomic mass is 16.5.